The lowest BCUT2D eigenvalue weighted by atomic mass is 9.91. The van der Waals surface area contributed by atoms with Crippen LogP contribution in [0.5, 0.6) is 0 Å². The van der Waals surface area contributed by atoms with Gasteiger partial charge in [-0.1, -0.05) is 182 Å². The zero-order chi connectivity index (χ0) is 36.6. The number of nitrogens with zero attached hydrogens (tertiary/aromatic N) is 1. The molecule has 10 aromatic carbocycles. The molecular weight excluding hydrogens is 663 g/mol. The normalized spacial score (nSPS) is 11.3. The molecule has 0 N–H and O–H groups in total. The van der Waals surface area contributed by atoms with Gasteiger partial charge in [-0.3, -0.25) is 0 Å². The van der Waals surface area contributed by atoms with Gasteiger partial charge in [-0.2, -0.15) is 0 Å². The molecule has 0 saturated carbocycles. The smallest absolute Gasteiger partial charge is 0.0546 e. The monoisotopic (exact) mass is 699 g/mol. The number of rotatable bonds is 7. The van der Waals surface area contributed by atoms with Crippen LogP contribution in [0.2, 0.25) is 0 Å². The van der Waals surface area contributed by atoms with Gasteiger partial charge in [0, 0.05) is 16.9 Å². The van der Waals surface area contributed by atoms with Crippen molar-refractivity contribution in [3.05, 3.63) is 224 Å². The Balaban J connectivity index is 1.22. The van der Waals surface area contributed by atoms with Crippen molar-refractivity contribution < 1.29 is 0 Å². The van der Waals surface area contributed by atoms with Crippen LogP contribution < -0.4 is 4.90 Å². The molecule has 0 aliphatic heterocycles. The molecule has 0 radical (unpaired) electrons. The van der Waals surface area contributed by atoms with Gasteiger partial charge in [-0.15, -0.1) is 0 Å². The highest BCUT2D eigenvalue weighted by atomic mass is 15.1. The lowest BCUT2D eigenvalue weighted by Gasteiger charge is -2.30. The molecule has 0 heterocycles. The Kier molecular flexibility index (Phi) is 8.24. The topological polar surface area (TPSA) is 3.24 Å². The number of benzene rings is 10. The molecule has 10 aromatic rings. The lowest BCUT2D eigenvalue weighted by molar-refractivity contribution is 1.28. The van der Waals surface area contributed by atoms with Crippen LogP contribution in [0, 0.1) is 0 Å². The Bertz CT molecular complexity index is 2980. The van der Waals surface area contributed by atoms with Crippen LogP contribution in [0.1, 0.15) is 0 Å². The molecule has 0 aromatic heterocycles. The van der Waals surface area contributed by atoms with Crippen molar-refractivity contribution in [1.29, 1.82) is 0 Å². The molecular formula is C54H37N. The summed E-state index contributed by atoms with van der Waals surface area (Å²) in [6.07, 6.45) is 0. The lowest BCUT2D eigenvalue weighted by Crippen LogP contribution is -2.12. The third-order valence-electron chi connectivity index (χ3n) is 10.8. The number of hydrogen-bond acceptors (Lipinski definition) is 1. The van der Waals surface area contributed by atoms with Gasteiger partial charge < -0.3 is 4.90 Å². The fraction of sp³-hybridized carbons (Fsp3) is 0. The maximum absolute atomic E-state index is 2.45. The van der Waals surface area contributed by atoms with Gasteiger partial charge in [-0.05, 0) is 114 Å². The summed E-state index contributed by atoms with van der Waals surface area (Å²) in [6, 6.07) is 81.6. The van der Waals surface area contributed by atoms with Gasteiger partial charge in [0.15, 0.2) is 0 Å². The molecule has 0 unspecified atom stereocenters. The zero-order valence-electron chi connectivity index (χ0n) is 30.3. The first-order chi connectivity index (χ1) is 27.3. The summed E-state index contributed by atoms with van der Waals surface area (Å²) in [6.45, 7) is 0. The summed E-state index contributed by atoms with van der Waals surface area (Å²) in [4.78, 5) is 2.45. The SMILES string of the molecule is c1ccc(-c2cccc(N(c3cccc(-c4ccc5ccccc5c4)c3)c3cccc(-c4cc5ccccc5c5ccccc45)c3)c2-c2ccccc2)cc1. The molecule has 258 valence electrons. The highest BCUT2D eigenvalue weighted by molar-refractivity contribution is 6.14. The minimum Gasteiger partial charge on any atom is -0.310 e. The van der Waals surface area contributed by atoms with E-state index in [2.05, 4.69) is 229 Å². The summed E-state index contributed by atoms with van der Waals surface area (Å²) in [5.41, 5.74) is 12.8. The van der Waals surface area contributed by atoms with Crippen molar-refractivity contribution in [2.45, 2.75) is 0 Å². The van der Waals surface area contributed by atoms with E-state index in [1.807, 2.05) is 0 Å². The summed E-state index contributed by atoms with van der Waals surface area (Å²) in [7, 11) is 0. The largest absolute Gasteiger partial charge is 0.310 e. The Labute approximate surface area is 322 Å². The zero-order valence-corrected chi connectivity index (χ0v) is 30.3. The summed E-state index contributed by atoms with van der Waals surface area (Å²) in [5, 5.41) is 7.51. The van der Waals surface area contributed by atoms with Crippen molar-refractivity contribution in [1.82, 2.24) is 0 Å². The Morgan fingerprint density at radius 2 is 0.800 bits per heavy atom. The Morgan fingerprint density at radius 3 is 1.56 bits per heavy atom. The second-order valence-corrected chi connectivity index (χ2v) is 14.1. The van der Waals surface area contributed by atoms with Gasteiger partial charge in [0.05, 0.1) is 5.69 Å². The second kappa shape index (κ2) is 14.0. The number of fused-ring (bicyclic) bond motifs is 4. The van der Waals surface area contributed by atoms with E-state index in [9.17, 15) is 0 Å². The molecule has 0 atom stereocenters. The first kappa shape index (κ1) is 32.4. The van der Waals surface area contributed by atoms with Gasteiger partial charge in [0.1, 0.15) is 0 Å². The quantitative estimate of drug-likeness (QED) is 0.150. The van der Waals surface area contributed by atoms with Crippen LogP contribution in [0.25, 0.3) is 76.8 Å². The van der Waals surface area contributed by atoms with Crippen molar-refractivity contribution in [3.63, 3.8) is 0 Å². The summed E-state index contributed by atoms with van der Waals surface area (Å²) >= 11 is 0. The number of anilines is 3. The van der Waals surface area contributed by atoms with E-state index in [1.54, 1.807) is 0 Å². The standard InChI is InChI=1S/C54H37N/c1-3-17-39(18-4-1)49-30-15-31-53(54(49)40-19-5-2-6-20-40)55(46-25-13-23-42(35-46)43-33-32-38-16-7-8-21-41(38)34-43)47-26-14-24-44(36-47)52-37-45-22-9-10-27-48(45)50-28-11-12-29-51(50)52/h1-37H. The highest BCUT2D eigenvalue weighted by Gasteiger charge is 2.22. The molecule has 0 amide bonds. The van der Waals surface area contributed by atoms with E-state index in [4.69, 9.17) is 0 Å². The highest BCUT2D eigenvalue weighted by Crippen LogP contribution is 2.47. The fourth-order valence-corrected chi connectivity index (χ4v) is 8.22. The minimum absolute atomic E-state index is 1.09. The first-order valence-electron chi connectivity index (χ1n) is 18.9. The van der Waals surface area contributed by atoms with Gasteiger partial charge in [0.2, 0.25) is 0 Å². The molecule has 1 heteroatoms. The van der Waals surface area contributed by atoms with Gasteiger partial charge in [0.25, 0.3) is 0 Å². The van der Waals surface area contributed by atoms with E-state index in [1.165, 1.54) is 76.8 Å². The summed E-state index contributed by atoms with van der Waals surface area (Å²) in [5.74, 6) is 0. The molecule has 0 spiro atoms. The van der Waals surface area contributed by atoms with Crippen LogP contribution in [-0.4, -0.2) is 0 Å². The van der Waals surface area contributed by atoms with Gasteiger partial charge in [-0.25, -0.2) is 0 Å². The minimum atomic E-state index is 1.09. The molecule has 0 aliphatic rings. The van der Waals surface area contributed by atoms with Crippen LogP contribution in [0.3, 0.4) is 0 Å². The van der Waals surface area contributed by atoms with Crippen molar-refractivity contribution >= 4 is 49.4 Å². The number of hydrogen-bond donors (Lipinski definition) is 0. The van der Waals surface area contributed by atoms with Crippen LogP contribution >= 0.6 is 0 Å². The fourth-order valence-electron chi connectivity index (χ4n) is 8.22. The molecule has 55 heavy (non-hydrogen) atoms. The molecule has 0 bridgehead atoms. The molecule has 0 aliphatic carbocycles. The van der Waals surface area contributed by atoms with E-state index in [0.29, 0.717) is 0 Å². The molecule has 10 rings (SSSR count). The molecule has 0 fully saturated rings. The van der Waals surface area contributed by atoms with Crippen molar-refractivity contribution in [3.8, 4) is 44.5 Å². The predicted molar refractivity (Wildman–Crippen MR) is 235 cm³/mol. The average Bonchev–Trinajstić information content (AvgIpc) is 3.27. The first-order valence-corrected chi connectivity index (χ1v) is 18.9. The van der Waals surface area contributed by atoms with E-state index < -0.39 is 0 Å². The molecule has 1 nitrogen and oxygen atoms in total. The van der Waals surface area contributed by atoms with Crippen LogP contribution in [0.15, 0.2) is 224 Å². The van der Waals surface area contributed by atoms with E-state index in [-0.39, 0.29) is 0 Å². The van der Waals surface area contributed by atoms with Crippen molar-refractivity contribution in [2.75, 3.05) is 4.90 Å². The maximum atomic E-state index is 2.45. The van der Waals surface area contributed by atoms with E-state index >= 15 is 0 Å². The third-order valence-corrected chi connectivity index (χ3v) is 10.8. The third kappa shape index (κ3) is 6.02. The van der Waals surface area contributed by atoms with Crippen LogP contribution in [0.4, 0.5) is 17.1 Å². The van der Waals surface area contributed by atoms with Gasteiger partial charge >= 0.3 is 0 Å². The van der Waals surface area contributed by atoms with Crippen LogP contribution in [-0.2, 0) is 0 Å². The van der Waals surface area contributed by atoms with Crippen molar-refractivity contribution in [2.24, 2.45) is 0 Å². The maximum Gasteiger partial charge on any atom is 0.0546 e. The summed E-state index contributed by atoms with van der Waals surface area (Å²) < 4.78 is 0. The Morgan fingerprint density at radius 1 is 0.255 bits per heavy atom. The van der Waals surface area contributed by atoms with E-state index in [0.717, 1.165) is 17.1 Å². The molecule has 0 saturated heterocycles. The Hall–Kier alpha value is -7.22. The second-order valence-electron chi connectivity index (χ2n) is 14.1. The average molecular weight is 700 g/mol. The predicted octanol–water partition coefficient (Wildman–Crippen LogP) is 15.3.